The number of rotatable bonds is 4. The fraction of sp³-hybridized carbons (Fsp3) is 0. The minimum atomic E-state index is -0.224. The number of carbonyl (C=O) groups is 1. The summed E-state index contributed by atoms with van der Waals surface area (Å²) in [5.74, 6) is 0.404. The fourth-order valence-electron chi connectivity index (χ4n) is 2.10. The first-order valence-corrected chi connectivity index (χ1v) is 7.89. The molecule has 4 rings (SSSR count). The maximum atomic E-state index is 11.9. The number of aromatic nitrogens is 4. The van der Waals surface area contributed by atoms with Crippen LogP contribution in [0.3, 0.4) is 0 Å². The molecule has 8 heteroatoms. The van der Waals surface area contributed by atoms with Crippen LogP contribution in [-0.4, -0.2) is 25.7 Å². The van der Waals surface area contributed by atoms with E-state index in [0.717, 1.165) is 15.5 Å². The van der Waals surface area contributed by atoms with E-state index in [1.807, 2.05) is 24.3 Å². The molecule has 0 atom stereocenters. The lowest BCUT2D eigenvalue weighted by atomic mass is 10.2. The van der Waals surface area contributed by atoms with Crippen molar-refractivity contribution in [3.05, 3.63) is 60.8 Å². The van der Waals surface area contributed by atoms with Crippen LogP contribution in [0.4, 0.5) is 5.69 Å². The number of benzene rings is 1. The van der Waals surface area contributed by atoms with E-state index in [1.54, 1.807) is 35.3 Å². The number of fused-ring (bicyclic) bond motifs is 1. The van der Waals surface area contributed by atoms with Crippen molar-refractivity contribution >= 4 is 34.0 Å². The van der Waals surface area contributed by atoms with E-state index in [-0.39, 0.29) is 5.91 Å². The molecule has 0 spiro atoms. The molecule has 1 amide bonds. The zero-order valence-electron chi connectivity index (χ0n) is 12.3. The molecule has 0 aliphatic carbocycles. The molecule has 0 saturated carbocycles. The number of nitrogens with zero attached hydrogens (tertiary/aromatic N) is 4. The van der Waals surface area contributed by atoms with Crippen LogP contribution < -0.4 is 5.32 Å². The van der Waals surface area contributed by atoms with Crippen molar-refractivity contribution < 1.29 is 9.21 Å². The van der Waals surface area contributed by atoms with Gasteiger partial charge in [0.25, 0.3) is 0 Å². The number of hydrogen-bond donors (Lipinski definition) is 1. The van der Waals surface area contributed by atoms with Crippen molar-refractivity contribution in [3.8, 4) is 10.6 Å². The zero-order chi connectivity index (χ0) is 16.4. The monoisotopic (exact) mass is 337 g/mol. The Morgan fingerprint density at radius 1 is 1.25 bits per heavy atom. The lowest BCUT2D eigenvalue weighted by Gasteiger charge is -2.02. The quantitative estimate of drug-likeness (QED) is 0.578. The van der Waals surface area contributed by atoms with Crippen molar-refractivity contribution in [2.75, 3.05) is 5.32 Å². The van der Waals surface area contributed by atoms with Crippen LogP contribution in [0.5, 0.6) is 0 Å². The second kappa shape index (κ2) is 6.09. The molecule has 1 N–H and O–H groups in total. The summed E-state index contributed by atoms with van der Waals surface area (Å²) in [4.78, 5) is 12.6. The summed E-state index contributed by atoms with van der Waals surface area (Å²) in [7, 11) is 0. The molecule has 0 unspecified atom stereocenters. The van der Waals surface area contributed by atoms with Crippen LogP contribution in [0.25, 0.3) is 21.6 Å². The Kier molecular flexibility index (Phi) is 3.64. The lowest BCUT2D eigenvalue weighted by molar-refractivity contribution is -0.111. The molecule has 24 heavy (non-hydrogen) atoms. The molecule has 118 valence electrons. The molecular weight excluding hydrogens is 326 g/mol. The standard InChI is InChI=1S/C16H11N5O2S/c22-14(8-7-13-2-1-9-23-13)18-12-5-3-11(4-6-12)15-20-21-10-17-19-16(21)24-15/h1-10H,(H,18,22). The largest absolute Gasteiger partial charge is 0.465 e. The summed E-state index contributed by atoms with van der Waals surface area (Å²) in [5.41, 5.74) is 1.66. The van der Waals surface area contributed by atoms with Gasteiger partial charge in [0.2, 0.25) is 10.9 Å². The third kappa shape index (κ3) is 2.95. The van der Waals surface area contributed by atoms with Crippen molar-refractivity contribution in [1.29, 1.82) is 0 Å². The topological polar surface area (TPSA) is 85.3 Å². The van der Waals surface area contributed by atoms with E-state index in [0.29, 0.717) is 11.4 Å². The maximum absolute atomic E-state index is 11.9. The van der Waals surface area contributed by atoms with Crippen LogP contribution in [-0.2, 0) is 4.79 Å². The van der Waals surface area contributed by atoms with Gasteiger partial charge in [0.15, 0.2) is 0 Å². The summed E-state index contributed by atoms with van der Waals surface area (Å²) < 4.78 is 6.77. The van der Waals surface area contributed by atoms with Gasteiger partial charge in [-0.3, -0.25) is 4.79 Å². The van der Waals surface area contributed by atoms with Crippen LogP contribution in [0.1, 0.15) is 5.76 Å². The molecular formula is C16H11N5O2S. The van der Waals surface area contributed by atoms with Crippen LogP contribution in [0.15, 0.2) is 59.5 Å². The smallest absolute Gasteiger partial charge is 0.248 e. The molecule has 4 aromatic rings. The molecule has 0 radical (unpaired) electrons. The van der Waals surface area contributed by atoms with Crippen molar-refractivity contribution in [2.24, 2.45) is 0 Å². The summed E-state index contributed by atoms with van der Waals surface area (Å²) in [5, 5.41) is 15.8. The molecule has 7 nitrogen and oxygen atoms in total. The van der Waals surface area contributed by atoms with Gasteiger partial charge in [-0.15, -0.1) is 10.2 Å². The summed E-state index contributed by atoms with van der Waals surface area (Å²) in [6, 6.07) is 11.0. The Morgan fingerprint density at radius 2 is 2.12 bits per heavy atom. The van der Waals surface area contributed by atoms with Gasteiger partial charge in [0.05, 0.1) is 6.26 Å². The fourth-order valence-corrected chi connectivity index (χ4v) is 2.93. The number of nitrogens with one attached hydrogen (secondary N) is 1. The summed E-state index contributed by atoms with van der Waals surface area (Å²) >= 11 is 1.45. The third-order valence-corrected chi connectivity index (χ3v) is 4.19. The molecule has 1 aromatic carbocycles. The van der Waals surface area contributed by atoms with Crippen molar-refractivity contribution in [3.63, 3.8) is 0 Å². The number of furan rings is 1. The SMILES string of the molecule is O=C(C=Cc1ccco1)Nc1ccc(-c2nn3cnnc3s2)cc1. The average Bonchev–Trinajstić information content (AvgIpc) is 3.30. The van der Waals surface area contributed by atoms with Gasteiger partial charge in [-0.05, 0) is 42.5 Å². The van der Waals surface area contributed by atoms with E-state index >= 15 is 0 Å². The van der Waals surface area contributed by atoms with Crippen LogP contribution in [0, 0.1) is 0 Å². The Balaban J connectivity index is 1.45. The van der Waals surface area contributed by atoms with Crippen molar-refractivity contribution in [2.45, 2.75) is 0 Å². The highest BCUT2D eigenvalue weighted by atomic mass is 32.1. The van der Waals surface area contributed by atoms with E-state index in [2.05, 4.69) is 20.6 Å². The van der Waals surface area contributed by atoms with Gasteiger partial charge in [-0.2, -0.15) is 9.61 Å². The van der Waals surface area contributed by atoms with Gasteiger partial charge in [0, 0.05) is 17.3 Å². The van der Waals surface area contributed by atoms with Gasteiger partial charge in [0.1, 0.15) is 17.1 Å². The minimum Gasteiger partial charge on any atom is -0.465 e. The molecule has 0 aliphatic heterocycles. The van der Waals surface area contributed by atoms with Gasteiger partial charge in [-0.25, -0.2) is 0 Å². The van der Waals surface area contributed by atoms with E-state index in [9.17, 15) is 4.79 Å². The lowest BCUT2D eigenvalue weighted by Crippen LogP contribution is -2.07. The van der Waals surface area contributed by atoms with Crippen LogP contribution in [0.2, 0.25) is 0 Å². The molecule has 3 aromatic heterocycles. The Bertz CT molecular complexity index is 970. The highest BCUT2D eigenvalue weighted by Gasteiger charge is 2.07. The van der Waals surface area contributed by atoms with Crippen molar-refractivity contribution in [1.82, 2.24) is 19.8 Å². The predicted molar refractivity (Wildman–Crippen MR) is 90.5 cm³/mol. The predicted octanol–water partition coefficient (Wildman–Crippen LogP) is 3.10. The molecule has 0 fully saturated rings. The number of anilines is 1. The number of amides is 1. The molecule has 0 aliphatic rings. The Labute approximate surface area is 140 Å². The Hall–Kier alpha value is -3.26. The van der Waals surface area contributed by atoms with E-state index in [4.69, 9.17) is 4.42 Å². The molecule has 0 saturated heterocycles. The number of hydrogen-bond acceptors (Lipinski definition) is 6. The van der Waals surface area contributed by atoms with E-state index < -0.39 is 0 Å². The third-order valence-electron chi connectivity index (χ3n) is 3.23. The zero-order valence-corrected chi connectivity index (χ0v) is 13.1. The minimum absolute atomic E-state index is 0.224. The highest BCUT2D eigenvalue weighted by molar-refractivity contribution is 7.19. The van der Waals surface area contributed by atoms with Crippen LogP contribution >= 0.6 is 11.3 Å². The molecule has 0 bridgehead atoms. The van der Waals surface area contributed by atoms with E-state index in [1.165, 1.54) is 17.4 Å². The first-order chi connectivity index (χ1) is 11.8. The summed E-state index contributed by atoms with van der Waals surface area (Å²) in [6.07, 6.45) is 6.16. The summed E-state index contributed by atoms with van der Waals surface area (Å²) in [6.45, 7) is 0. The van der Waals surface area contributed by atoms with Gasteiger partial charge >= 0.3 is 0 Å². The highest BCUT2D eigenvalue weighted by Crippen LogP contribution is 2.25. The first kappa shape index (κ1) is 14.3. The van der Waals surface area contributed by atoms with Gasteiger partial charge < -0.3 is 9.73 Å². The molecule has 3 heterocycles. The van der Waals surface area contributed by atoms with Gasteiger partial charge in [-0.1, -0.05) is 11.3 Å². The second-order valence-electron chi connectivity index (χ2n) is 4.88. The Morgan fingerprint density at radius 3 is 2.88 bits per heavy atom. The number of carbonyl (C=O) groups excluding carboxylic acids is 1. The second-order valence-corrected chi connectivity index (χ2v) is 5.84. The average molecular weight is 337 g/mol. The maximum Gasteiger partial charge on any atom is 0.248 e. The normalized spacial score (nSPS) is 11.3. The first-order valence-electron chi connectivity index (χ1n) is 7.08.